The fourth-order valence-electron chi connectivity index (χ4n) is 4.00. The summed E-state index contributed by atoms with van der Waals surface area (Å²) in [5.41, 5.74) is 4.81. The Labute approximate surface area is 193 Å². The van der Waals surface area contributed by atoms with Crippen molar-refractivity contribution in [1.82, 2.24) is 14.8 Å². The zero-order chi connectivity index (χ0) is 23.3. The minimum absolute atomic E-state index is 0.218. The van der Waals surface area contributed by atoms with Gasteiger partial charge >= 0.3 is 0 Å². The number of anilines is 2. The van der Waals surface area contributed by atoms with Gasteiger partial charge in [-0.2, -0.15) is 9.78 Å². The second-order valence-corrected chi connectivity index (χ2v) is 9.14. The van der Waals surface area contributed by atoms with E-state index in [1.165, 1.54) is 16.9 Å². The summed E-state index contributed by atoms with van der Waals surface area (Å²) >= 11 is 1.51. The number of nitrogens with zero attached hydrogens (tertiary/aromatic N) is 4. The van der Waals surface area contributed by atoms with Gasteiger partial charge in [0.1, 0.15) is 5.82 Å². The molecule has 0 spiro atoms. The van der Waals surface area contributed by atoms with Crippen LogP contribution < -0.4 is 10.2 Å². The minimum Gasteiger partial charge on any atom is -0.306 e. The number of carbonyl (C=O) groups excluding carboxylic acids is 3. The number of benzene rings is 2. The summed E-state index contributed by atoms with van der Waals surface area (Å²) < 4.78 is 2.71. The number of nitrogens with one attached hydrogen (secondary N) is 1. The molecular weight excluding hydrogens is 438 g/mol. The van der Waals surface area contributed by atoms with Gasteiger partial charge in [-0.25, -0.2) is 4.98 Å². The molecule has 0 unspecified atom stereocenters. The van der Waals surface area contributed by atoms with Gasteiger partial charge in [0, 0.05) is 24.5 Å². The normalized spacial score (nSPS) is 13.8. The average molecular weight is 460 g/mol. The predicted molar refractivity (Wildman–Crippen MR) is 127 cm³/mol. The van der Waals surface area contributed by atoms with Crippen LogP contribution in [0.4, 0.5) is 11.5 Å². The van der Waals surface area contributed by atoms with Crippen LogP contribution in [0, 0.1) is 20.8 Å². The monoisotopic (exact) mass is 459 g/mol. The Morgan fingerprint density at radius 3 is 2.39 bits per heavy atom. The van der Waals surface area contributed by atoms with Gasteiger partial charge in [-0.05, 0) is 62.2 Å². The van der Waals surface area contributed by atoms with Crippen molar-refractivity contribution in [1.29, 1.82) is 0 Å². The summed E-state index contributed by atoms with van der Waals surface area (Å²) in [7, 11) is 0. The molecule has 9 heteroatoms. The fraction of sp³-hybridized carbons (Fsp3) is 0.208. The molecule has 0 atom stereocenters. The summed E-state index contributed by atoms with van der Waals surface area (Å²) in [5.74, 6) is -0.259. The number of aromatic nitrogens is 3. The van der Waals surface area contributed by atoms with Crippen LogP contribution in [0.2, 0.25) is 0 Å². The topological polar surface area (TPSA) is 97.2 Å². The van der Waals surface area contributed by atoms with Gasteiger partial charge in [0.2, 0.25) is 16.9 Å². The van der Waals surface area contributed by atoms with Gasteiger partial charge in [0.25, 0.3) is 5.91 Å². The number of amides is 3. The largest absolute Gasteiger partial charge is 0.306 e. The van der Waals surface area contributed by atoms with Crippen LogP contribution in [0.5, 0.6) is 0 Å². The number of carbonyl (C=O) groups is 3. The molecule has 1 aliphatic rings. The minimum atomic E-state index is -0.324. The molecule has 3 heterocycles. The highest BCUT2D eigenvalue weighted by atomic mass is 32.1. The van der Waals surface area contributed by atoms with Crippen molar-refractivity contribution < 1.29 is 14.4 Å². The van der Waals surface area contributed by atoms with E-state index in [-0.39, 0.29) is 30.6 Å². The van der Waals surface area contributed by atoms with E-state index in [0.717, 1.165) is 26.4 Å². The number of thiazole rings is 1. The molecule has 0 saturated carbocycles. The number of fused-ring (bicyclic) bond motifs is 1. The van der Waals surface area contributed by atoms with Crippen molar-refractivity contribution >= 4 is 50.8 Å². The number of hydrogen-bond donors (Lipinski definition) is 1. The maximum atomic E-state index is 12.9. The van der Waals surface area contributed by atoms with Gasteiger partial charge in [-0.1, -0.05) is 17.4 Å². The van der Waals surface area contributed by atoms with Gasteiger partial charge in [-0.3, -0.25) is 19.3 Å². The van der Waals surface area contributed by atoms with Crippen molar-refractivity contribution in [3.05, 3.63) is 64.8 Å². The van der Waals surface area contributed by atoms with Crippen LogP contribution in [0.3, 0.4) is 0 Å². The molecule has 1 aliphatic heterocycles. The molecule has 2 aromatic heterocycles. The lowest BCUT2D eigenvalue weighted by Crippen LogP contribution is -2.28. The van der Waals surface area contributed by atoms with Crippen LogP contribution in [0.15, 0.2) is 42.5 Å². The molecular formula is C24H21N5O3S. The Morgan fingerprint density at radius 2 is 1.70 bits per heavy atom. The standard InChI is InChI=1S/C24H21N5O3S/c1-13-10-14(2)22-18(11-13)33-24(26-22)29-19(12-15(3)27-29)25-23(32)16-4-6-17(7-5-16)28-20(30)8-9-21(28)31/h4-7,10-12H,8-9H2,1-3H3,(H,25,32). The summed E-state index contributed by atoms with van der Waals surface area (Å²) in [6.45, 7) is 5.94. The molecule has 5 rings (SSSR count). The number of imide groups is 1. The van der Waals surface area contributed by atoms with Gasteiger partial charge in [0.05, 0.1) is 21.6 Å². The van der Waals surface area contributed by atoms with E-state index in [1.807, 2.05) is 13.8 Å². The third-order valence-corrected chi connectivity index (χ3v) is 6.49. The van der Waals surface area contributed by atoms with Gasteiger partial charge in [-0.15, -0.1) is 0 Å². The second-order valence-electron chi connectivity index (χ2n) is 8.13. The Kier molecular flexibility index (Phi) is 5.05. The summed E-state index contributed by atoms with van der Waals surface area (Å²) in [6.07, 6.45) is 0.435. The highest BCUT2D eigenvalue weighted by molar-refractivity contribution is 7.20. The van der Waals surface area contributed by atoms with E-state index < -0.39 is 0 Å². The van der Waals surface area contributed by atoms with E-state index in [2.05, 4.69) is 29.5 Å². The highest BCUT2D eigenvalue weighted by Crippen LogP contribution is 2.30. The maximum absolute atomic E-state index is 12.9. The van der Waals surface area contributed by atoms with E-state index in [4.69, 9.17) is 4.98 Å². The van der Waals surface area contributed by atoms with E-state index >= 15 is 0 Å². The van der Waals surface area contributed by atoms with Crippen molar-refractivity contribution in [2.24, 2.45) is 0 Å². The first kappa shape index (κ1) is 21.0. The van der Waals surface area contributed by atoms with Crippen molar-refractivity contribution in [3.8, 4) is 5.13 Å². The molecule has 8 nitrogen and oxygen atoms in total. The Hall–Kier alpha value is -3.85. The van der Waals surface area contributed by atoms with Gasteiger partial charge in [0.15, 0.2) is 0 Å². The lowest BCUT2D eigenvalue weighted by atomic mass is 10.1. The van der Waals surface area contributed by atoms with E-state index in [1.54, 1.807) is 35.0 Å². The van der Waals surface area contributed by atoms with Crippen molar-refractivity contribution in [2.75, 3.05) is 10.2 Å². The summed E-state index contributed by atoms with van der Waals surface area (Å²) in [6, 6.07) is 12.4. The lowest BCUT2D eigenvalue weighted by molar-refractivity contribution is -0.121. The molecule has 0 radical (unpaired) electrons. The molecule has 33 heavy (non-hydrogen) atoms. The Bertz CT molecular complexity index is 1420. The maximum Gasteiger partial charge on any atom is 0.256 e. The molecule has 3 amide bonds. The fourth-order valence-corrected chi connectivity index (χ4v) is 5.11. The van der Waals surface area contributed by atoms with Crippen molar-refractivity contribution in [3.63, 3.8) is 0 Å². The highest BCUT2D eigenvalue weighted by Gasteiger charge is 2.30. The Morgan fingerprint density at radius 1 is 1.00 bits per heavy atom. The lowest BCUT2D eigenvalue weighted by Gasteiger charge is -2.14. The molecule has 1 saturated heterocycles. The number of aryl methyl sites for hydroxylation is 3. The summed E-state index contributed by atoms with van der Waals surface area (Å²) in [5, 5.41) is 8.10. The van der Waals surface area contributed by atoms with Gasteiger partial charge < -0.3 is 5.32 Å². The molecule has 0 aliphatic carbocycles. The molecule has 0 bridgehead atoms. The molecule has 2 aromatic carbocycles. The van der Waals surface area contributed by atoms with Crippen LogP contribution in [0.1, 0.15) is 40.0 Å². The van der Waals surface area contributed by atoms with E-state index in [0.29, 0.717) is 22.2 Å². The van der Waals surface area contributed by atoms with Crippen LogP contribution >= 0.6 is 11.3 Å². The zero-order valence-corrected chi connectivity index (χ0v) is 19.2. The summed E-state index contributed by atoms with van der Waals surface area (Å²) in [4.78, 5) is 42.7. The third-order valence-electron chi connectivity index (χ3n) is 5.51. The molecule has 1 fully saturated rings. The van der Waals surface area contributed by atoms with Crippen LogP contribution in [-0.2, 0) is 9.59 Å². The number of hydrogen-bond acceptors (Lipinski definition) is 6. The molecule has 166 valence electrons. The first-order valence-electron chi connectivity index (χ1n) is 10.5. The SMILES string of the molecule is Cc1cc(C)c2nc(-n3nc(C)cc3NC(=O)c3ccc(N4C(=O)CCC4=O)cc3)sc2c1. The zero-order valence-electron chi connectivity index (χ0n) is 18.4. The molecule has 4 aromatic rings. The first-order chi connectivity index (χ1) is 15.8. The van der Waals surface area contributed by atoms with E-state index in [9.17, 15) is 14.4 Å². The first-order valence-corrected chi connectivity index (χ1v) is 11.3. The smallest absolute Gasteiger partial charge is 0.256 e. The average Bonchev–Trinajstić information content (AvgIpc) is 3.45. The number of rotatable bonds is 4. The molecule has 1 N–H and O–H groups in total. The quantitative estimate of drug-likeness (QED) is 0.459. The van der Waals surface area contributed by atoms with Crippen molar-refractivity contribution in [2.45, 2.75) is 33.6 Å². The predicted octanol–water partition coefficient (Wildman–Crippen LogP) is 4.31. The Balaban J connectivity index is 1.42. The third kappa shape index (κ3) is 3.80. The van der Waals surface area contributed by atoms with Crippen LogP contribution in [-0.4, -0.2) is 32.5 Å². The van der Waals surface area contributed by atoms with Crippen LogP contribution in [0.25, 0.3) is 15.3 Å². The second kappa shape index (κ2) is 7.93.